The van der Waals surface area contributed by atoms with E-state index >= 15 is 0 Å². The summed E-state index contributed by atoms with van der Waals surface area (Å²) in [4.78, 5) is 37.3. The smallest absolute Gasteiger partial charge is 0.305 e. The van der Waals surface area contributed by atoms with E-state index in [4.69, 9.17) is 9.47 Å². The van der Waals surface area contributed by atoms with Crippen LogP contribution in [0.15, 0.2) is 0 Å². The first-order valence-corrected chi connectivity index (χ1v) is 8.69. The van der Waals surface area contributed by atoms with Gasteiger partial charge in [0, 0.05) is 31.8 Å². The van der Waals surface area contributed by atoms with Gasteiger partial charge >= 0.3 is 11.9 Å². The van der Waals surface area contributed by atoms with Crippen LogP contribution in [0.2, 0.25) is 0 Å². The molecule has 0 saturated carbocycles. The minimum Gasteiger partial charge on any atom is -0.466 e. The quantitative estimate of drug-likeness (QED) is 0.608. The first kappa shape index (κ1) is 19.5. The first-order valence-electron chi connectivity index (χ1n) is 8.69. The van der Waals surface area contributed by atoms with Gasteiger partial charge in [-0.1, -0.05) is 6.42 Å². The van der Waals surface area contributed by atoms with E-state index in [1.807, 2.05) is 4.90 Å². The van der Waals surface area contributed by atoms with Gasteiger partial charge in [0.1, 0.15) is 0 Å². The van der Waals surface area contributed by atoms with Gasteiger partial charge in [0.2, 0.25) is 5.91 Å². The van der Waals surface area contributed by atoms with E-state index in [-0.39, 0.29) is 36.7 Å². The molecule has 0 radical (unpaired) electrons. The molecule has 0 bridgehead atoms. The number of rotatable bonds is 9. The van der Waals surface area contributed by atoms with Gasteiger partial charge in [0.15, 0.2) is 0 Å². The molecule has 1 fully saturated rings. The number of hydrogen-bond acceptors (Lipinski definition) is 5. The van der Waals surface area contributed by atoms with Crippen molar-refractivity contribution in [1.29, 1.82) is 0 Å². The van der Waals surface area contributed by atoms with Crippen LogP contribution in [-0.2, 0) is 23.9 Å². The maximum Gasteiger partial charge on any atom is 0.305 e. The third-order valence-corrected chi connectivity index (χ3v) is 4.02. The van der Waals surface area contributed by atoms with Gasteiger partial charge < -0.3 is 14.4 Å². The zero-order valence-corrected chi connectivity index (χ0v) is 14.3. The normalized spacial score (nSPS) is 15.4. The van der Waals surface area contributed by atoms with Crippen LogP contribution >= 0.6 is 0 Å². The van der Waals surface area contributed by atoms with Crippen molar-refractivity contribution >= 4 is 17.8 Å². The lowest BCUT2D eigenvalue weighted by Gasteiger charge is -2.30. The average Bonchev–Trinajstić information content (AvgIpc) is 2.73. The van der Waals surface area contributed by atoms with Gasteiger partial charge in [-0.3, -0.25) is 14.4 Å². The van der Waals surface area contributed by atoms with Crippen molar-refractivity contribution in [3.63, 3.8) is 0 Å². The number of carbonyl (C=O) groups is 3. The summed E-state index contributed by atoms with van der Waals surface area (Å²) < 4.78 is 9.92. The predicted octanol–water partition coefficient (Wildman–Crippen LogP) is 2.44. The molecule has 0 aromatic carbocycles. The standard InChI is InChI=1S/C17H29NO5/c1-3-22-16(20)11-9-14(10-12-17(21)23-4-2)18-13-7-5-6-8-15(18)19/h14H,3-13H2,1-2H3. The third-order valence-electron chi connectivity index (χ3n) is 4.02. The summed E-state index contributed by atoms with van der Waals surface area (Å²) in [7, 11) is 0. The Kier molecular flexibility index (Phi) is 9.33. The van der Waals surface area contributed by atoms with Crippen molar-refractivity contribution in [3.8, 4) is 0 Å². The molecule has 132 valence electrons. The molecule has 0 atom stereocenters. The Morgan fingerprint density at radius 3 is 2.09 bits per heavy atom. The molecule has 1 rings (SSSR count). The van der Waals surface area contributed by atoms with E-state index in [1.54, 1.807) is 13.8 Å². The van der Waals surface area contributed by atoms with E-state index in [1.165, 1.54) is 0 Å². The van der Waals surface area contributed by atoms with Gasteiger partial charge in [-0.15, -0.1) is 0 Å². The Labute approximate surface area is 138 Å². The Morgan fingerprint density at radius 2 is 1.57 bits per heavy atom. The largest absolute Gasteiger partial charge is 0.466 e. The minimum absolute atomic E-state index is 0.102. The molecule has 6 heteroatoms. The van der Waals surface area contributed by atoms with Crippen molar-refractivity contribution in [2.45, 2.75) is 71.3 Å². The molecule has 1 amide bonds. The Morgan fingerprint density at radius 1 is 1.00 bits per heavy atom. The fourth-order valence-electron chi connectivity index (χ4n) is 2.88. The van der Waals surface area contributed by atoms with Crippen LogP contribution in [0.4, 0.5) is 0 Å². The number of nitrogens with zero attached hydrogens (tertiary/aromatic N) is 1. The highest BCUT2D eigenvalue weighted by atomic mass is 16.5. The number of hydrogen-bond donors (Lipinski definition) is 0. The minimum atomic E-state index is -0.254. The first-order chi connectivity index (χ1) is 11.1. The van der Waals surface area contributed by atoms with Crippen LogP contribution in [0.1, 0.15) is 65.2 Å². The molecular weight excluding hydrogens is 298 g/mol. The van der Waals surface area contributed by atoms with Crippen LogP contribution in [0, 0.1) is 0 Å². The van der Waals surface area contributed by atoms with Crippen LogP contribution in [0.5, 0.6) is 0 Å². The summed E-state index contributed by atoms with van der Waals surface area (Å²) >= 11 is 0. The van der Waals surface area contributed by atoms with E-state index in [0.717, 1.165) is 19.3 Å². The Hall–Kier alpha value is -1.59. The van der Waals surface area contributed by atoms with Crippen LogP contribution in [0.3, 0.4) is 0 Å². The predicted molar refractivity (Wildman–Crippen MR) is 85.7 cm³/mol. The highest BCUT2D eigenvalue weighted by molar-refractivity contribution is 5.77. The highest BCUT2D eigenvalue weighted by Crippen LogP contribution is 2.20. The number of amides is 1. The van der Waals surface area contributed by atoms with Crippen molar-refractivity contribution in [2.24, 2.45) is 0 Å². The van der Waals surface area contributed by atoms with Crippen LogP contribution in [-0.4, -0.2) is 48.5 Å². The van der Waals surface area contributed by atoms with Gasteiger partial charge in [-0.25, -0.2) is 0 Å². The van der Waals surface area contributed by atoms with Crippen molar-refractivity contribution < 1.29 is 23.9 Å². The molecule has 0 aromatic rings. The fourth-order valence-corrected chi connectivity index (χ4v) is 2.88. The topological polar surface area (TPSA) is 72.9 Å². The summed E-state index contributed by atoms with van der Waals surface area (Å²) in [5, 5.41) is 0. The van der Waals surface area contributed by atoms with Gasteiger partial charge in [-0.2, -0.15) is 0 Å². The molecule has 1 aliphatic heterocycles. The average molecular weight is 327 g/mol. The molecule has 0 aromatic heterocycles. The molecule has 1 heterocycles. The second kappa shape index (κ2) is 11.0. The lowest BCUT2D eigenvalue weighted by molar-refractivity contribution is -0.145. The number of ether oxygens (including phenoxy) is 2. The summed E-state index contributed by atoms with van der Waals surface area (Å²) in [5.74, 6) is -0.382. The number of likely N-dealkylation sites (tertiary alicyclic amines) is 1. The summed E-state index contributed by atoms with van der Waals surface area (Å²) in [6, 6.07) is -0.102. The maximum atomic E-state index is 12.3. The zero-order chi connectivity index (χ0) is 17.1. The lowest BCUT2D eigenvalue weighted by Crippen LogP contribution is -2.40. The van der Waals surface area contributed by atoms with E-state index in [9.17, 15) is 14.4 Å². The second-order valence-corrected chi connectivity index (χ2v) is 5.74. The lowest BCUT2D eigenvalue weighted by atomic mass is 10.0. The SMILES string of the molecule is CCOC(=O)CCC(CCC(=O)OCC)N1CCCCCC1=O. The third kappa shape index (κ3) is 7.48. The number of carbonyl (C=O) groups excluding carboxylic acids is 3. The van der Waals surface area contributed by atoms with Crippen molar-refractivity contribution in [2.75, 3.05) is 19.8 Å². The second-order valence-electron chi connectivity index (χ2n) is 5.74. The fraction of sp³-hybridized carbons (Fsp3) is 0.824. The molecule has 1 saturated heterocycles. The van der Waals surface area contributed by atoms with E-state index < -0.39 is 0 Å². The van der Waals surface area contributed by atoms with Gasteiger partial charge in [0.05, 0.1) is 13.2 Å². The van der Waals surface area contributed by atoms with E-state index in [0.29, 0.717) is 39.0 Å². The van der Waals surface area contributed by atoms with Gasteiger partial charge in [0.25, 0.3) is 0 Å². The summed E-state index contributed by atoms with van der Waals surface area (Å²) in [5.41, 5.74) is 0. The Balaban J connectivity index is 2.63. The van der Waals surface area contributed by atoms with Crippen LogP contribution in [0.25, 0.3) is 0 Å². The maximum absolute atomic E-state index is 12.3. The monoisotopic (exact) mass is 327 g/mol. The molecule has 6 nitrogen and oxygen atoms in total. The zero-order valence-electron chi connectivity index (χ0n) is 14.3. The summed E-state index contributed by atoms with van der Waals surface area (Å²) in [6.07, 6.45) is 5.09. The molecule has 1 aliphatic rings. The Bertz CT molecular complexity index is 374. The summed E-state index contributed by atoms with van der Waals surface area (Å²) in [6.45, 7) is 4.96. The molecule has 0 N–H and O–H groups in total. The van der Waals surface area contributed by atoms with Crippen molar-refractivity contribution in [3.05, 3.63) is 0 Å². The van der Waals surface area contributed by atoms with E-state index in [2.05, 4.69) is 0 Å². The molecule has 0 aliphatic carbocycles. The van der Waals surface area contributed by atoms with Gasteiger partial charge in [-0.05, 0) is 39.5 Å². The van der Waals surface area contributed by atoms with Crippen LogP contribution < -0.4 is 0 Å². The molecular formula is C17H29NO5. The molecule has 23 heavy (non-hydrogen) atoms. The highest BCUT2D eigenvalue weighted by Gasteiger charge is 2.26. The van der Waals surface area contributed by atoms with Crippen molar-refractivity contribution in [1.82, 2.24) is 4.90 Å². The number of esters is 2. The molecule has 0 unspecified atom stereocenters. The molecule has 0 spiro atoms.